The zero-order chi connectivity index (χ0) is 14.5. The van der Waals surface area contributed by atoms with E-state index >= 15 is 0 Å². The van der Waals surface area contributed by atoms with Gasteiger partial charge in [-0.2, -0.15) is 8.78 Å². The van der Waals surface area contributed by atoms with E-state index < -0.39 is 18.2 Å². The molecule has 2 aromatic rings. The van der Waals surface area contributed by atoms with Gasteiger partial charge >= 0.3 is 6.61 Å². The number of hydrogen-bond acceptors (Lipinski definition) is 2. The van der Waals surface area contributed by atoms with Gasteiger partial charge in [-0.25, -0.2) is 8.78 Å². The van der Waals surface area contributed by atoms with Gasteiger partial charge in [-0.05, 0) is 18.2 Å². The molecule has 1 N–H and O–H groups in total. The molecule has 2 nitrogen and oxygen atoms in total. The monoisotopic (exact) mass is 285 g/mol. The van der Waals surface area contributed by atoms with Gasteiger partial charge in [0.05, 0.1) is 5.69 Å². The first-order valence-corrected chi connectivity index (χ1v) is 5.78. The molecule has 0 aromatic heterocycles. The van der Waals surface area contributed by atoms with Gasteiger partial charge in [0.15, 0.2) is 0 Å². The van der Waals surface area contributed by atoms with Crippen LogP contribution in [-0.2, 0) is 6.54 Å². The number of halogens is 4. The lowest BCUT2D eigenvalue weighted by Crippen LogP contribution is -2.07. The number of anilines is 1. The zero-order valence-corrected chi connectivity index (χ0v) is 10.2. The predicted molar refractivity (Wildman–Crippen MR) is 66.8 cm³/mol. The first kappa shape index (κ1) is 14.2. The lowest BCUT2D eigenvalue weighted by atomic mass is 10.2. The molecule has 0 amide bonds. The second kappa shape index (κ2) is 6.27. The Kier molecular flexibility index (Phi) is 4.45. The van der Waals surface area contributed by atoms with Crippen molar-refractivity contribution >= 4 is 5.69 Å². The van der Waals surface area contributed by atoms with Crippen LogP contribution >= 0.6 is 0 Å². The van der Waals surface area contributed by atoms with Crippen molar-refractivity contribution < 1.29 is 22.3 Å². The molecule has 0 heterocycles. The number of nitrogens with one attached hydrogen (secondary N) is 1. The Morgan fingerprint density at radius 3 is 2.50 bits per heavy atom. The number of ether oxygens (including phenoxy) is 1. The normalized spacial score (nSPS) is 10.7. The predicted octanol–water partition coefficient (Wildman–Crippen LogP) is 4.18. The molecule has 0 unspecified atom stereocenters. The molecular formula is C14H11F4NO. The third-order valence-corrected chi connectivity index (χ3v) is 2.59. The van der Waals surface area contributed by atoms with Crippen molar-refractivity contribution in [1.82, 2.24) is 0 Å². The highest BCUT2D eigenvalue weighted by atomic mass is 19.3. The summed E-state index contributed by atoms with van der Waals surface area (Å²) in [6, 6.07) is 9.25. The Bertz CT molecular complexity index is 589. The summed E-state index contributed by atoms with van der Waals surface area (Å²) in [5, 5.41) is 2.70. The molecule has 0 saturated carbocycles. The third kappa shape index (κ3) is 3.63. The minimum atomic E-state index is -2.93. The van der Waals surface area contributed by atoms with E-state index in [2.05, 4.69) is 10.1 Å². The van der Waals surface area contributed by atoms with Gasteiger partial charge in [-0.1, -0.05) is 18.2 Å². The molecule has 0 bridgehead atoms. The second-order valence-electron chi connectivity index (χ2n) is 3.96. The molecule has 0 aliphatic carbocycles. The van der Waals surface area contributed by atoms with Crippen molar-refractivity contribution in [3.05, 3.63) is 59.7 Å². The van der Waals surface area contributed by atoms with E-state index in [0.29, 0.717) is 5.56 Å². The van der Waals surface area contributed by atoms with Gasteiger partial charge in [-0.3, -0.25) is 0 Å². The van der Waals surface area contributed by atoms with Crippen LogP contribution in [0.4, 0.5) is 23.2 Å². The first-order chi connectivity index (χ1) is 9.56. The van der Waals surface area contributed by atoms with Crippen LogP contribution in [0.25, 0.3) is 0 Å². The second-order valence-corrected chi connectivity index (χ2v) is 3.96. The lowest BCUT2D eigenvalue weighted by molar-refractivity contribution is -0.0504. The number of alkyl halides is 2. The fourth-order valence-corrected chi connectivity index (χ4v) is 1.68. The van der Waals surface area contributed by atoms with E-state index in [1.807, 2.05) is 0 Å². The molecule has 2 rings (SSSR count). The number of para-hydroxylation sites is 1. The average molecular weight is 285 g/mol. The van der Waals surface area contributed by atoms with Gasteiger partial charge < -0.3 is 10.1 Å². The molecule has 0 aliphatic rings. The molecular weight excluding hydrogens is 274 g/mol. The van der Waals surface area contributed by atoms with Crippen LogP contribution < -0.4 is 10.1 Å². The summed E-state index contributed by atoms with van der Waals surface area (Å²) in [5.41, 5.74) is 0.523. The summed E-state index contributed by atoms with van der Waals surface area (Å²) >= 11 is 0. The topological polar surface area (TPSA) is 21.3 Å². The van der Waals surface area contributed by atoms with Crippen LogP contribution in [0.5, 0.6) is 5.75 Å². The molecule has 0 atom stereocenters. The van der Waals surface area contributed by atoms with E-state index in [4.69, 9.17) is 0 Å². The number of benzene rings is 2. The smallest absolute Gasteiger partial charge is 0.387 e. The summed E-state index contributed by atoms with van der Waals surface area (Å²) in [6.07, 6.45) is 0. The molecule has 6 heteroatoms. The van der Waals surface area contributed by atoms with Crippen LogP contribution in [0, 0.1) is 11.6 Å². The Balaban J connectivity index is 2.10. The Hall–Kier alpha value is -2.24. The minimum Gasteiger partial charge on any atom is -0.434 e. The van der Waals surface area contributed by atoms with Gasteiger partial charge in [0.2, 0.25) is 0 Å². The minimum absolute atomic E-state index is 0.0116. The molecule has 2 aromatic carbocycles. The number of rotatable bonds is 5. The standard InChI is InChI=1S/C14H11F4NO/c15-10-5-6-12(11(16)7-10)19-8-9-3-1-2-4-13(9)20-14(17)18/h1-7,14,19H,8H2. The quantitative estimate of drug-likeness (QED) is 0.832. The van der Waals surface area contributed by atoms with Crippen LogP contribution in [0.3, 0.4) is 0 Å². The van der Waals surface area contributed by atoms with Crippen molar-refractivity contribution in [2.75, 3.05) is 5.32 Å². The molecule has 0 spiro atoms. The average Bonchev–Trinajstić information content (AvgIpc) is 2.39. The summed E-state index contributed by atoms with van der Waals surface area (Å²) in [6.45, 7) is -2.86. The fraction of sp³-hybridized carbons (Fsp3) is 0.143. The van der Waals surface area contributed by atoms with Crippen molar-refractivity contribution in [3.8, 4) is 5.75 Å². The molecule has 106 valence electrons. The third-order valence-electron chi connectivity index (χ3n) is 2.59. The molecule has 0 aliphatic heterocycles. The fourth-order valence-electron chi connectivity index (χ4n) is 1.68. The van der Waals surface area contributed by atoms with Crippen molar-refractivity contribution in [1.29, 1.82) is 0 Å². The van der Waals surface area contributed by atoms with Crippen LogP contribution in [0.15, 0.2) is 42.5 Å². The highest BCUT2D eigenvalue weighted by molar-refractivity contribution is 5.46. The zero-order valence-electron chi connectivity index (χ0n) is 10.2. The van der Waals surface area contributed by atoms with Crippen molar-refractivity contribution in [3.63, 3.8) is 0 Å². The molecule has 0 radical (unpaired) electrons. The van der Waals surface area contributed by atoms with Crippen molar-refractivity contribution in [2.24, 2.45) is 0 Å². The number of hydrogen-bond donors (Lipinski definition) is 1. The van der Waals surface area contributed by atoms with Gasteiger partial charge in [0.25, 0.3) is 0 Å². The summed E-state index contributed by atoms with van der Waals surface area (Å²) in [4.78, 5) is 0. The maximum atomic E-state index is 13.4. The van der Waals surface area contributed by atoms with E-state index in [1.165, 1.54) is 12.1 Å². The summed E-state index contributed by atoms with van der Waals surface area (Å²) < 4.78 is 55.0. The van der Waals surface area contributed by atoms with Crippen molar-refractivity contribution in [2.45, 2.75) is 13.2 Å². The largest absolute Gasteiger partial charge is 0.434 e. The van der Waals surface area contributed by atoms with Crippen LogP contribution in [-0.4, -0.2) is 6.61 Å². The molecule has 0 saturated heterocycles. The lowest BCUT2D eigenvalue weighted by Gasteiger charge is -2.12. The Labute approximate surface area is 113 Å². The van der Waals surface area contributed by atoms with Crippen LogP contribution in [0.1, 0.15) is 5.56 Å². The maximum absolute atomic E-state index is 13.4. The molecule has 0 fully saturated rings. The van der Waals surface area contributed by atoms with Gasteiger partial charge in [0, 0.05) is 18.2 Å². The van der Waals surface area contributed by atoms with Gasteiger partial charge in [-0.15, -0.1) is 0 Å². The summed E-state index contributed by atoms with van der Waals surface area (Å²) in [5.74, 6) is -1.43. The Morgan fingerprint density at radius 2 is 1.80 bits per heavy atom. The highest BCUT2D eigenvalue weighted by Crippen LogP contribution is 2.22. The van der Waals surface area contributed by atoms with Crippen LogP contribution in [0.2, 0.25) is 0 Å². The van der Waals surface area contributed by atoms with E-state index in [1.54, 1.807) is 18.2 Å². The Morgan fingerprint density at radius 1 is 1.05 bits per heavy atom. The van der Waals surface area contributed by atoms with E-state index in [-0.39, 0.29) is 18.0 Å². The van der Waals surface area contributed by atoms with Gasteiger partial charge in [0.1, 0.15) is 17.4 Å². The molecule has 20 heavy (non-hydrogen) atoms. The summed E-state index contributed by atoms with van der Waals surface area (Å²) in [7, 11) is 0. The van der Waals surface area contributed by atoms with E-state index in [0.717, 1.165) is 12.1 Å². The highest BCUT2D eigenvalue weighted by Gasteiger charge is 2.10. The maximum Gasteiger partial charge on any atom is 0.387 e. The van der Waals surface area contributed by atoms with E-state index in [9.17, 15) is 17.6 Å². The SMILES string of the molecule is Fc1ccc(NCc2ccccc2OC(F)F)c(F)c1. The first-order valence-electron chi connectivity index (χ1n) is 5.78.